The normalized spacial score (nSPS) is 10.7. The van der Waals surface area contributed by atoms with Gasteiger partial charge in [-0.25, -0.2) is 0 Å². The lowest BCUT2D eigenvalue weighted by Gasteiger charge is -1.93. The third-order valence-electron chi connectivity index (χ3n) is 1.21. The standard InChI is InChI=1S/C6H11N3/c1-5(2)6-4-7-9(3)8-6/h4-5H,1-3H3. The van der Waals surface area contributed by atoms with E-state index in [1.807, 2.05) is 7.05 Å². The molecule has 9 heavy (non-hydrogen) atoms. The zero-order valence-electron chi connectivity index (χ0n) is 6.00. The van der Waals surface area contributed by atoms with Crippen molar-refractivity contribution in [1.82, 2.24) is 15.0 Å². The van der Waals surface area contributed by atoms with Crippen molar-refractivity contribution < 1.29 is 0 Å². The highest BCUT2D eigenvalue weighted by Gasteiger charge is 2.00. The molecule has 0 N–H and O–H groups in total. The fourth-order valence-electron chi connectivity index (χ4n) is 0.626. The number of nitrogens with zero attached hydrogens (tertiary/aromatic N) is 3. The summed E-state index contributed by atoms with van der Waals surface area (Å²) in [7, 11) is 1.83. The Morgan fingerprint density at radius 2 is 2.22 bits per heavy atom. The maximum Gasteiger partial charge on any atom is 0.0852 e. The Morgan fingerprint density at radius 1 is 1.56 bits per heavy atom. The Bertz CT molecular complexity index is 190. The first-order valence-electron chi connectivity index (χ1n) is 3.06. The van der Waals surface area contributed by atoms with Crippen LogP contribution in [0.4, 0.5) is 0 Å². The zero-order valence-corrected chi connectivity index (χ0v) is 6.00. The van der Waals surface area contributed by atoms with Crippen molar-refractivity contribution in [3.8, 4) is 0 Å². The highest BCUT2D eigenvalue weighted by atomic mass is 15.4. The maximum absolute atomic E-state index is 4.12. The molecule has 0 bridgehead atoms. The van der Waals surface area contributed by atoms with Gasteiger partial charge in [0, 0.05) is 7.05 Å². The summed E-state index contributed by atoms with van der Waals surface area (Å²) in [5.41, 5.74) is 1.05. The summed E-state index contributed by atoms with van der Waals surface area (Å²) in [6, 6.07) is 0. The van der Waals surface area contributed by atoms with E-state index in [-0.39, 0.29) is 0 Å². The molecular formula is C6H11N3. The number of hydrogen-bond donors (Lipinski definition) is 0. The molecule has 0 fully saturated rings. The second-order valence-electron chi connectivity index (χ2n) is 2.41. The van der Waals surface area contributed by atoms with E-state index in [0.29, 0.717) is 5.92 Å². The van der Waals surface area contributed by atoms with E-state index in [0.717, 1.165) is 5.69 Å². The van der Waals surface area contributed by atoms with Gasteiger partial charge in [-0.3, -0.25) is 0 Å². The summed E-state index contributed by atoms with van der Waals surface area (Å²) < 4.78 is 0. The third kappa shape index (κ3) is 1.28. The lowest BCUT2D eigenvalue weighted by atomic mass is 10.2. The van der Waals surface area contributed by atoms with E-state index in [1.165, 1.54) is 0 Å². The van der Waals surface area contributed by atoms with E-state index < -0.39 is 0 Å². The predicted octanol–water partition coefficient (Wildman–Crippen LogP) is 0.939. The summed E-state index contributed by atoms with van der Waals surface area (Å²) >= 11 is 0. The topological polar surface area (TPSA) is 30.7 Å². The van der Waals surface area contributed by atoms with E-state index in [9.17, 15) is 0 Å². The van der Waals surface area contributed by atoms with Crippen LogP contribution in [0.1, 0.15) is 25.5 Å². The Hall–Kier alpha value is -0.860. The van der Waals surface area contributed by atoms with Gasteiger partial charge < -0.3 is 0 Å². The highest BCUT2D eigenvalue weighted by molar-refractivity contribution is 4.96. The van der Waals surface area contributed by atoms with Gasteiger partial charge in [0.15, 0.2) is 0 Å². The second-order valence-corrected chi connectivity index (χ2v) is 2.41. The van der Waals surface area contributed by atoms with Crippen LogP contribution in [-0.4, -0.2) is 15.0 Å². The molecule has 1 aromatic heterocycles. The van der Waals surface area contributed by atoms with Crippen LogP contribution < -0.4 is 0 Å². The van der Waals surface area contributed by atoms with Crippen molar-refractivity contribution >= 4 is 0 Å². The first-order valence-corrected chi connectivity index (χ1v) is 3.06. The Labute approximate surface area is 54.7 Å². The molecule has 0 saturated carbocycles. The molecule has 1 heterocycles. The average molecular weight is 125 g/mol. The molecule has 0 amide bonds. The minimum absolute atomic E-state index is 0.485. The summed E-state index contributed by atoms with van der Waals surface area (Å²) in [6.45, 7) is 4.20. The average Bonchev–Trinajstić information content (AvgIpc) is 2.14. The van der Waals surface area contributed by atoms with E-state index >= 15 is 0 Å². The fraction of sp³-hybridized carbons (Fsp3) is 0.667. The molecule has 1 rings (SSSR count). The number of rotatable bonds is 1. The van der Waals surface area contributed by atoms with Crippen LogP contribution in [-0.2, 0) is 7.05 Å². The second kappa shape index (κ2) is 2.17. The predicted molar refractivity (Wildman–Crippen MR) is 35.1 cm³/mol. The van der Waals surface area contributed by atoms with Gasteiger partial charge in [0.05, 0.1) is 11.9 Å². The number of hydrogen-bond acceptors (Lipinski definition) is 2. The molecule has 3 heteroatoms. The van der Waals surface area contributed by atoms with Crippen molar-refractivity contribution in [2.24, 2.45) is 7.05 Å². The molecule has 0 atom stereocenters. The van der Waals surface area contributed by atoms with Crippen molar-refractivity contribution in [3.63, 3.8) is 0 Å². The molecule has 0 aliphatic heterocycles. The molecule has 50 valence electrons. The lowest BCUT2D eigenvalue weighted by Crippen LogP contribution is -1.94. The number of aromatic nitrogens is 3. The van der Waals surface area contributed by atoms with Gasteiger partial charge in [0.25, 0.3) is 0 Å². The molecule has 0 saturated heterocycles. The van der Waals surface area contributed by atoms with E-state index in [4.69, 9.17) is 0 Å². The van der Waals surface area contributed by atoms with Gasteiger partial charge in [0.1, 0.15) is 0 Å². The van der Waals surface area contributed by atoms with Crippen LogP contribution in [0, 0.1) is 0 Å². The van der Waals surface area contributed by atoms with E-state index in [1.54, 1.807) is 11.0 Å². The van der Waals surface area contributed by atoms with Crippen LogP contribution in [0.15, 0.2) is 6.20 Å². The minimum Gasteiger partial charge on any atom is -0.188 e. The number of aryl methyl sites for hydroxylation is 1. The molecule has 0 spiro atoms. The first kappa shape index (κ1) is 6.26. The largest absolute Gasteiger partial charge is 0.188 e. The molecule has 0 aliphatic carbocycles. The van der Waals surface area contributed by atoms with Crippen LogP contribution in [0.2, 0.25) is 0 Å². The molecule has 1 aromatic rings. The zero-order chi connectivity index (χ0) is 6.85. The molecular weight excluding hydrogens is 114 g/mol. The van der Waals surface area contributed by atoms with Crippen LogP contribution in [0.3, 0.4) is 0 Å². The van der Waals surface area contributed by atoms with Crippen LogP contribution in [0.25, 0.3) is 0 Å². The Morgan fingerprint density at radius 3 is 2.44 bits per heavy atom. The quantitative estimate of drug-likeness (QED) is 0.559. The SMILES string of the molecule is CC(C)c1cnn(C)n1. The molecule has 0 radical (unpaired) electrons. The van der Waals surface area contributed by atoms with Crippen LogP contribution in [0.5, 0.6) is 0 Å². The molecule has 0 aliphatic rings. The Balaban J connectivity index is 2.85. The summed E-state index contributed by atoms with van der Waals surface area (Å²) in [4.78, 5) is 1.58. The van der Waals surface area contributed by atoms with Crippen LogP contribution >= 0.6 is 0 Å². The summed E-state index contributed by atoms with van der Waals surface area (Å²) in [5, 5.41) is 8.06. The summed E-state index contributed by atoms with van der Waals surface area (Å²) in [5.74, 6) is 0.485. The smallest absolute Gasteiger partial charge is 0.0852 e. The first-order chi connectivity index (χ1) is 4.20. The van der Waals surface area contributed by atoms with Gasteiger partial charge in [-0.15, -0.1) is 0 Å². The van der Waals surface area contributed by atoms with Gasteiger partial charge in [-0.05, 0) is 5.92 Å². The molecule has 0 aromatic carbocycles. The van der Waals surface area contributed by atoms with Crippen molar-refractivity contribution in [2.75, 3.05) is 0 Å². The van der Waals surface area contributed by atoms with E-state index in [2.05, 4.69) is 24.0 Å². The van der Waals surface area contributed by atoms with Gasteiger partial charge in [-0.2, -0.15) is 15.0 Å². The Kier molecular flexibility index (Phi) is 1.51. The monoisotopic (exact) mass is 125 g/mol. The molecule has 0 unspecified atom stereocenters. The molecule has 3 nitrogen and oxygen atoms in total. The highest BCUT2D eigenvalue weighted by Crippen LogP contribution is 2.07. The van der Waals surface area contributed by atoms with Gasteiger partial charge >= 0.3 is 0 Å². The lowest BCUT2D eigenvalue weighted by molar-refractivity contribution is 0.636. The van der Waals surface area contributed by atoms with Gasteiger partial charge in [0.2, 0.25) is 0 Å². The van der Waals surface area contributed by atoms with Crippen molar-refractivity contribution in [1.29, 1.82) is 0 Å². The van der Waals surface area contributed by atoms with Crippen molar-refractivity contribution in [3.05, 3.63) is 11.9 Å². The maximum atomic E-state index is 4.12. The van der Waals surface area contributed by atoms with Crippen molar-refractivity contribution in [2.45, 2.75) is 19.8 Å². The minimum atomic E-state index is 0.485. The third-order valence-corrected chi connectivity index (χ3v) is 1.21. The summed E-state index contributed by atoms with van der Waals surface area (Å²) in [6.07, 6.45) is 1.80. The van der Waals surface area contributed by atoms with Gasteiger partial charge in [-0.1, -0.05) is 13.8 Å². The fourth-order valence-corrected chi connectivity index (χ4v) is 0.626.